The summed E-state index contributed by atoms with van der Waals surface area (Å²) in [5.74, 6) is -0.377. The lowest BCUT2D eigenvalue weighted by Gasteiger charge is -2.44. The van der Waals surface area contributed by atoms with Gasteiger partial charge in [0.25, 0.3) is 0 Å². The van der Waals surface area contributed by atoms with Crippen LogP contribution in [-0.2, 0) is 9.59 Å². The number of piperidine rings is 1. The van der Waals surface area contributed by atoms with E-state index in [2.05, 4.69) is 4.90 Å². The highest BCUT2D eigenvalue weighted by Gasteiger charge is 2.35. The summed E-state index contributed by atoms with van der Waals surface area (Å²) >= 11 is 0. The van der Waals surface area contributed by atoms with Gasteiger partial charge in [0.05, 0.1) is 12.5 Å². The molecule has 1 aliphatic carbocycles. The van der Waals surface area contributed by atoms with Gasteiger partial charge in [0.2, 0.25) is 5.91 Å². The van der Waals surface area contributed by atoms with Gasteiger partial charge < -0.3 is 10.0 Å². The number of carboxylic acid groups (broad SMARTS) is 1. The number of fused-ring (bicyclic) bond motifs is 1. The van der Waals surface area contributed by atoms with Crippen molar-refractivity contribution in [3.63, 3.8) is 0 Å². The third kappa shape index (κ3) is 4.19. The Morgan fingerprint density at radius 2 is 1.90 bits per heavy atom. The Morgan fingerprint density at radius 3 is 2.62 bits per heavy atom. The lowest BCUT2D eigenvalue weighted by atomic mass is 9.78. The largest absolute Gasteiger partial charge is 0.481 e. The molecule has 0 radical (unpaired) electrons. The molecule has 5 heteroatoms. The van der Waals surface area contributed by atoms with Crippen molar-refractivity contribution in [1.82, 2.24) is 9.80 Å². The summed E-state index contributed by atoms with van der Waals surface area (Å²) in [7, 11) is 1.83. The van der Waals surface area contributed by atoms with Gasteiger partial charge in [0, 0.05) is 19.1 Å². The fourth-order valence-electron chi connectivity index (χ4n) is 3.87. The van der Waals surface area contributed by atoms with Crippen molar-refractivity contribution in [2.45, 2.75) is 51.5 Å². The van der Waals surface area contributed by atoms with Crippen molar-refractivity contribution < 1.29 is 14.7 Å². The van der Waals surface area contributed by atoms with E-state index in [1.165, 1.54) is 25.7 Å². The van der Waals surface area contributed by atoms with E-state index in [1.54, 1.807) is 6.92 Å². The molecule has 0 bridgehead atoms. The first-order valence-electron chi connectivity index (χ1n) is 8.20. The van der Waals surface area contributed by atoms with Crippen molar-refractivity contribution in [2.24, 2.45) is 11.8 Å². The second kappa shape index (κ2) is 7.25. The van der Waals surface area contributed by atoms with Gasteiger partial charge in [-0.2, -0.15) is 0 Å². The Morgan fingerprint density at radius 1 is 1.24 bits per heavy atom. The molecule has 3 unspecified atom stereocenters. The number of hydrogen-bond donors (Lipinski definition) is 1. The summed E-state index contributed by atoms with van der Waals surface area (Å²) in [5.41, 5.74) is 0. The summed E-state index contributed by atoms with van der Waals surface area (Å²) in [6.45, 7) is 3.31. The quantitative estimate of drug-likeness (QED) is 0.840. The van der Waals surface area contributed by atoms with Gasteiger partial charge in [0.15, 0.2) is 0 Å². The first-order valence-corrected chi connectivity index (χ1v) is 8.20. The monoisotopic (exact) mass is 296 g/mol. The molecular weight excluding hydrogens is 268 g/mol. The summed E-state index contributed by atoms with van der Waals surface area (Å²) in [4.78, 5) is 27.4. The smallest absolute Gasteiger partial charge is 0.307 e. The van der Waals surface area contributed by atoms with Crippen LogP contribution in [0, 0.1) is 11.8 Å². The number of likely N-dealkylation sites (tertiary alicyclic amines) is 1. The van der Waals surface area contributed by atoms with Crippen molar-refractivity contribution in [1.29, 1.82) is 0 Å². The molecule has 1 heterocycles. The SMILES string of the molecule is CC(CN(C)CC(=O)N1CCCC2CCCCC21)C(=O)O. The van der Waals surface area contributed by atoms with Crippen molar-refractivity contribution in [2.75, 3.05) is 26.7 Å². The minimum Gasteiger partial charge on any atom is -0.481 e. The summed E-state index contributed by atoms with van der Waals surface area (Å²) < 4.78 is 0. The van der Waals surface area contributed by atoms with Crippen LogP contribution in [0.4, 0.5) is 0 Å². The minimum atomic E-state index is -0.806. The highest BCUT2D eigenvalue weighted by Crippen LogP contribution is 2.35. The zero-order valence-electron chi connectivity index (χ0n) is 13.3. The Kier molecular flexibility index (Phi) is 5.62. The maximum atomic E-state index is 12.6. The van der Waals surface area contributed by atoms with E-state index < -0.39 is 11.9 Å². The van der Waals surface area contributed by atoms with Gasteiger partial charge in [0.1, 0.15) is 0 Å². The Balaban J connectivity index is 1.88. The van der Waals surface area contributed by atoms with Crippen LogP contribution in [0.3, 0.4) is 0 Å². The molecule has 0 aromatic rings. The number of likely N-dealkylation sites (N-methyl/N-ethyl adjacent to an activating group) is 1. The van der Waals surface area contributed by atoms with Crippen LogP contribution < -0.4 is 0 Å². The van der Waals surface area contributed by atoms with E-state index in [4.69, 9.17) is 5.11 Å². The number of carboxylic acids is 1. The number of carbonyl (C=O) groups is 2. The molecule has 1 amide bonds. The number of nitrogens with zero attached hydrogens (tertiary/aromatic N) is 2. The van der Waals surface area contributed by atoms with Gasteiger partial charge in [-0.3, -0.25) is 14.5 Å². The van der Waals surface area contributed by atoms with Crippen LogP contribution >= 0.6 is 0 Å². The van der Waals surface area contributed by atoms with Crippen LogP contribution in [0.2, 0.25) is 0 Å². The average molecular weight is 296 g/mol. The highest BCUT2D eigenvalue weighted by molar-refractivity contribution is 5.79. The number of amides is 1. The van der Waals surface area contributed by atoms with Crippen LogP contribution in [0.1, 0.15) is 45.4 Å². The van der Waals surface area contributed by atoms with Crippen LogP contribution in [0.25, 0.3) is 0 Å². The van der Waals surface area contributed by atoms with E-state index in [-0.39, 0.29) is 5.91 Å². The molecule has 5 nitrogen and oxygen atoms in total. The number of aliphatic carboxylic acids is 1. The Labute approximate surface area is 127 Å². The van der Waals surface area contributed by atoms with Crippen LogP contribution in [0.5, 0.6) is 0 Å². The average Bonchev–Trinajstić information content (AvgIpc) is 2.46. The van der Waals surface area contributed by atoms with Gasteiger partial charge in [-0.25, -0.2) is 0 Å². The zero-order valence-corrected chi connectivity index (χ0v) is 13.3. The number of rotatable bonds is 5. The Bertz CT molecular complexity index is 384. The molecule has 120 valence electrons. The van der Waals surface area contributed by atoms with E-state index in [0.717, 1.165) is 19.4 Å². The Hall–Kier alpha value is -1.10. The molecule has 2 aliphatic rings. The molecule has 0 aromatic heterocycles. The fraction of sp³-hybridized carbons (Fsp3) is 0.875. The standard InChI is InChI=1S/C16H28N2O3/c1-12(16(20)21)10-17(2)11-15(19)18-9-5-7-13-6-3-4-8-14(13)18/h12-14H,3-11H2,1-2H3,(H,20,21). The fourth-order valence-corrected chi connectivity index (χ4v) is 3.87. The van der Waals surface area contributed by atoms with E-state index in [1.807, 2.05) is 11.9 Å². The number of hydrogen-bond acceptors (Lipinski definition) is 3. The maximum absolute atomic E-state index is 12.6. The van der Waals surface area contributed by atoms with E-state index in [9.17, 15) is 9.59 Å². The summed E-state index contributed by atoms with van der Waals surface area (Å²) in [5, 5.41) is 8.95. The lowest BCUT2D eigenvalue weighted by molar-refractivity contribution is -0.143. The molecule has 2 rings (SSSR count). The maximum Gasteiger partial charge on any atom is 0.307 e. The molecule has 21 heavy (non-hydrogen) atoms. The number of carbonyl (C=O) groups excluding carboxylic acids is 1. The van der Waals surface area contributed by atoms with E-state index in [0.29, 0.717) is 25.0 Å². The van der Waals surface area contributed by atoms with Crippen molar-refractivity contribution >= 4 is 11.9 Å². The van der Waals surface area contributed by atoms with Crippen LogP contribution in [0.15, 0.2) is 0 Å². The van der Waals surface area contributed by atoms with Gasteiger partial charge in [-0.1, -0.05) is 19.8 Å². The molecular formula is C16H28N2O3. The molecule has 1 saturated carbocycles. The second-order valence-electron chi connectivity index (χ2n) is 6.78. The molecule has 0 aromatic carbocycles. The third-order valence-electron chi connectivity index (χ3n) is 4.98. The molecule has 3 atom stereocenters. The molecule has 2 fully saturated rings. The molecule has 1 aliphatic heterocycles. The first kappa shape index (κ1) is 16.3. The molecule has 1 saturated heterocycles. The topological polar surface area (TPSA) is 60.9 Å². The first-order chi connectivity index (χ1) is 9.99. The van der Waals surface area contributed by atoms with Crippen molar-refractivity contribution in [3.05, 3.63) is 0 Å². The van der Waals surface area contributed by atoms with Crippen molar-refractivity contribution in [3.8, 4) is 0 Å². The predicted octanol–water partition coefficient (Wildman–Crippen LogP) is 1.82. The summed E-state index contributed by atoms with van der Waals surface area (Å²) in [6.07, 6.45) is 7.32. The minimum absolute atomic E-state index is 0.173. The van der Waals surface area contributed by atoms with Gasteiger partial charge >= 0.3 is 5.97 Å². The third-order valence-corrected chi connectivity index (χ3v) is 4.98. The lowest BCUT2D eigenvalue weighted by Crippen LogP contribution is -2.52. The predicted molar refractivity (Wildman–Crippen MR) is 81.0 cm³/mol. The summed E-state index contributed by atoms with van der Waals surface area (Å²) in [6, 6.07) is 0.435. The van der Waals surface area contributed by atoms with Gasteiger partial charge in [-0.15, -0.1) is 0 Å². The van der Waals surface area contributed by atoms with Gasteiger partial charge in [-0.05, 0) is 38.6 Å². The van der Waals surface area contributed by atoms with Crippen LogP contribution in [-0.4, -0.2) is 59.5 Å². The zero-order chi connectivity index (χ0) is 15.4. The second-order valence-corrected chi connectivity index (χ2v) is 6.78. The molecule has 0 spiro atoms. The van der Waals surface area contributed by atoms with E-state index >= 15 is 0 Å². The highest BCUT2D eigenvalue weighted by atomic mass is 16.4. The molecule has 1 N–H and O–H groups in total. The normalized spacial score (nSPS) is 27.3.